The number of aromatic carboxylic acids is 1. The van der Waals surface area contributed by atoms with E-state index in [0.29, 0.717) is 10.5 Å². The second kappa shape index (κ2) is 7.53. The zero-order chi connectivity index (χ0) is 14.4. The van der Waals surface area contributed by atoms with Gasteiger partial charge in [0.1, 0.15) is 0 Å². The molecule has 1 aromatic carbocycles. The number of rotatable bonds is 7. The van der Waals surface area contributed by atoms with Crippen LogP contribution in [0, 0.1) is 5.92 Å². The van der Waals surface area contributed by atoms with Crippen LogP contribution < -0.4 is 5.32 Å². The Kier molecular flexibility index (Phi) is 6.35. The van der Waals surface area contributed by atoms with Crippen LogP contribution in [0.3, 0.4) is 0 Å². The van der Waals surface area contributed by atoms with Crippen LogP contribution in [0.4, 0.5) is 5.69 Å². The van der Waals surface area contributed by atoms with Gasteiger partial charge in [-0.05, 0) is 53.4 Å². The van der Waals surface area contributed by atoms with Crippen molar-refractivity contribution in [2.45, 2.75) is 46.1 Å². The molecule has 0 saturated carbocycles. The molecule has 0 heterocycles. The van der Waals surface area contributed by atoms with E-state index < -0.39 is 5.97 Å². The smallest absolute Gasteiger partial charge is 0.336 e. The number of carboxylic acid groups (broad SMARTS) is 1. The molecular weight excluding hydrogens is 306 g/mol. The molecule has 1 aromatic rings. The van der Waals surface area contributed by atoms with Crippen molar-refractivity contribution in [2.24, 2.45) is 5.92 Å². The van der Waals surface area contributed by atoms with Gasteiger partial charge in [0.25, 0.3) is 0 Å². The van der Waals surface area contributed by atoms with Gasteiger partial charge in [-0.3, -0.25) is 0 Å². The molecule has 19 heavy (non-hydrogen) atoms. The van der Waals surface area contributed by atoms with Gasteiger partial charge >= 0.3 is 5.97 Å². The van der Waals surface area contributed by atoms with E-state index in [0.717, 1.165) is 18.0 Å². The second-order valence-corrected chi connectivity index (χ2v) is 6.22. The van der Waals surface area contributed by atoms with E-state index in [2.05, 4.69) is 42.0 Å². The fourth-order valence-electron chi connectivity index (χ4n) is 1.97. The first-order valence-corrected chi connectivity index (χ1v) is 7.48. The van der Waals surface area contributed by atoms with E-state index in [1.165, 1.54) is 12.8 Å². The summed E-state index contributed by atoms with van der Waals surface area (Å²) in [5, 5.41) is 12.4. The highest BCUT2D eigenvalue weighted by Gasteiger charge is 2.09. The molecule has 0 aliphatic carbocycles. The zero-order valence-electron chi connectivity index (χ0n) is 11.7. The Hall–Kier alpha value is -1.03. The van der Waals surface area contributed by atoms with Gasteiger partial charge < -0.3 is 10.4 Å². The van der Waals surface area contributed by atoms with Gasteiger partial charge in [-0.2, -0.15) is 0 Å². The molecule has 0 aliphatic rings. The molecule has 1 atom stereocenters. The van der Waals surface area contributed by atoms with Crippen LogP contribution in [0.15, 0.2) is 22.7 Å². The standard InChI is InChI=1S/C15H22BrNO2/c1-10(2)5-4-6-11(3)17-12-7-8-13(15(18)19)14(16)9-12/h7-11,17H,4-6H2,1-3H3,(H,18,19). The molecule has 2 N–H and O–H groups in total. The van der Waals surface area contributed by atoms with Crippen LogP contribution in [0.1, 0.15) is 50.4 Å². The lowest BCUT2D eigenvalue weighted by Gasteiger charge is -2.16. The van der Waals surface area contributed by atoms with Crippen molar-refractivity contribution in [1.82, 2.24) is 0 Å². The third-order valence-electron chi connectivity index (χ3n) is 3.03. The predicted molar refractivity (Wildman–Crippen MR) is 82.9 cm³/mol. The van der Waals surface area contributed by atoms with Crippen molar-refractivity contribution in [2.75, 3.05) is 5.32 Å². The van der Waals surface area contributed by atoms with Crippen LogP contribution in [0.2, 0.25) is 0 Å². The summed E-state index contributed by atoms with van der Waals surface area (Å²) < 4.78 is 0.611. The number of hydrogen-bond acceptors (Lipinski definition) is 2. The van der Waals surface area contributed by atoms with Crippen LogP contribution in [-0.2, 0) is 0 Å². The van der Waals surface area contributed by atoms with Crippen molar-refractivity contribution in [1.29, 1.82) is 0 Å². The molecule has 0 aromatic heterocycles. The molecule has 1 unspecified atom stereocenters. The van der Waals surface area contributed by atoms with Crippen molar-refractivity contribution in [3.63, 3.8) is 0 Å². The van der Waals surface area contributed by atoms with E-state index in [9.17, 15) is 4.79 Å². The quantitative estimate of drug-likeness (QED) is 0.758. The molecule has 0 fully saturated rings. The van der Waals surface area contributed by atoms with Gasteiger partial charge in [0.05, 0.1) is 5.56 Å². The van der Waals surface area contributed by atoms with Gasteiger partial charge in [-0.25, -0.2) is 4.79 Å². The number of anilines is 1. The van der Waals surface area contributed by atoms with Crippen molar-refractivity contribution < 1.29 is 9.90 Å². The van der Waals surface area contributed by atoms with Crippen LogP contribution in [0.5, 0.6) is 0 Å². The van der Waals surface area contributed by atoms with E-state index in [4.69, 9.17) is 5.11 Å². The maximum Gasteiger partial charge on any atom is 0.336 e. The summed E-state index contributed by atoms with van der Waals surface area (Å²) in [5.74, 6) is -0.167. The highest BCUT2D eigenvalue weighted by molar-refractivity contribution is 9.10. The molecule has 3 nitrogen and oxygen atoms in total. The minimum absolute atomic E-state index is 0.290. The molecule has 0 radical (unpaired) electrons. The highest BCUT2D eigenvalue weighted by Crippen LogP contribution is 2.22. The van der Waals surface area contributed by atoms with E-state index in [1.54, 1.807) is 6.07 Å². The molecule has 106 valence electrons. The van der Waals surface area contributed by atoms with Gasteiger partial charge in [0.15, 0.2) is 0 Å². The fraction of sp³-hybridized carbons (Fsp3) is 0.533. The first kappa shape index (κ1) is 16.0. The van der Waals surface area contributed by atoms with Gasteiger partial charge in [-0.15, -0.1) is 0 Å². The Balaban J connectivity index is 2.53. The average Bonchev–Trinajstić information content (AvgIpc) is 2.27. The number of halogens is 1. The van der Waals surface area contributed by atoms with E-state index in [-0.39, 0.29) is 5.56 Å². The maximum absolute atomic E-state index is 10.9. The summed E-state index contributed by atoms with van der Waals surface area (Å²) in [5.41, 5.74) is 1.24. The third-order valence-corrected chi connectivity index (χ3v) is 3.69. The summed E-state index contributed by atoms with van der Waals surface area (Å²) in [7, 11) is 0. The first-order chi connectivity index (χ1) is 8.90. The number of carboxylic acids is 1. The van der Waals surface area contributed by atoms with Crippen LogP contribution >= 0.6 is 15.9 Å². The van der Waals surface area contributed by atoms with Gasteiger partial charge in [0, 0.05) is 16.2 Å². The summed E-state index contributed by atoms with van der Waals surface area (Å²) in [4.78, 5) is 10.9. The number of hydrogen-bond donors (Lipinski definition) is 2. The minimum atomic E-state index is -0.914. The largest absolute Gasteiger partial charge is 0.478 e. The molecule has 0 amide bonds. The monoisotopic (exact) mass is 327 g/mol. The Morgan fingerprint density at radius 2 is 2.00 bits per heavy atom. The Morgan fingerprint density at radius 1 is 1.32 bits per heavy atom. The number of nitrogens with one attached hydrogen (secondary N) is 1. The molecule has 0 spiro atoms. The minimum Gasteiger partial charge on any atom is -0.478 e. The fourth-order valence-corrected chi connectivity index (χ4v) is 2.52. The summed E-state index contributed by atoms with van der Waals surface area (Å²) >= 11 is 3.29. The molecular formula is C15H22BrNO2. The zero-order valence-corrected chi connectivity index (χ0v) is 13.3. The lowest BCUT2D eigenvalue weighted by Crippen LogP contribution is -2.15. The summed E-state index contributed by atoms with van der Waals surface area (Å²) in [6.45, 7) is 6.62. The topological polar surface area (TPSA) is 49.3 Å². The Bertz CT molecular complexity index is 432. The Morgan fingerprint density at radius 3 is 2.53 bits per heavy atom. The van der Waals surface area contributed by atoms with Crippen LogP contribution in [0.25, 0.3) is 0 Å². The number of carbonyl (C=O) groups is 1. The number of benzene rings is 1. The second-order valence-electron chi connectivity index (χ2n) is 5.37. The predicted octanol–water partition coefficient (Wildman–Crippen LogP) is 4.77. The molecule has 0 bridgehead atoms. The SMILES string of the molecule is CC(C)CCCC(C)Nc1ccc(C(=O)O)c(Br)c1. The normalized spacial score (nSPS) is 12.5. The van der Waals surface area contributed by atoms with Crippen LogP contribution in [-0.4, -0.2) is 17.1 Å². The van der Waals surface area contributed by atoms with Crippen molar-refractivity contribution in [3.8, 4) is 0 Å². The average molecular weight is 328 g/mol. The lowest BCUT2D eigenvalue weighted by molar-refractivity contribution is 0.0696. The van der Waals surface area contributed by atoms with Gasteiger partial charge in [0.2, 0.25) is 0 Å². The summed E-state index contributed by atoms with van der Waals surface area (Å²) in [6.07, 6.45) is 3.57. The van der Waals surface area contributed by atoms with E-state index >= 15 is 0 Å². The lowest BCUT2D eigenvalue weighted by atomic mass is 10.0. The summed E-state index contributed by atoms with van der Waals surface area (Å²) in [6, 6.07) is 5.65. The van der Waals surface area contributed by atoms with E-state index in [1.807, 2.05) is 12.1 Å². The first-order valence-electron chi connectivity index (χ1n) is 6.69. The third kappa shape index (κ3) is 5.64. The maximum atomic E-state index is 10.9. The van der Waals surface area contributed by atoms with Crippen molar-refractivity contribution in [3.05, 3.63) is 28.2 Å². The van der Waals surface area contributed by atoms with Crippen molar-refractivity contribution >= 4 is 27.6 Å². The molecule has 0 aliphatic heterocycles. The molecule has 0 saturated heterocycles. The molecule has 4 heteroatoms. The van der Waals surface area contributed by atoms with Gasteiger partial charge in [-0.1, -0.05) is 26.7 Å². The Labute approximate surface area is 123 Å². The molecule has 1 rings (SSSR count). The highest BCUT2D eigenvalue weighted by atomic mass is 79.9.